The Morgan fingerprint density at radius 2 is 1.63 bits per heavy atom. The van der Waals surface area contributed by atoms with E-state index in [1.807, 2.05) is 30.3 Å². The van der Waals surface area contributed by atoms with Gasteiger partial charge in [-0.1, -0.05) is 44.2 Å². The first-order chi connectivity index (χ1) is 19.9. The molecule has 4 rings (SSSR count). The maximum absolute atomic E-state index is 13.3. The number of rotatable bonds is 14. The van der Waals surface area contributed by atoms with Crippen LogP contribution in [0.2, 0.25) is 0 Å². The fourth-order valence-electron chi connectivity index (χ4n) is 4.96. The van der Waals surface area contributed by atoms with Gasteiger partial charge < -0.3 is 20.1 Å². The highest BCUT2D eigenvalue weighted by Gasteiger charge is 2.29. The summed E-state index contributed by atoms with van der Waals surface area (Å²) in [6.07, 6.45) is 1.03. The SMILES string of the molecule is CCN(CC)C1CCN(CC(=O)N[C@@H](COCc2ccccc2)C(=O)Nc2ccc(Oc3ccc(F)cc3)cc2)C1. The van der Waals surface area contributed by atoms with Crippen LogP contribution >= 0.6 is 0 Å². The molecule has 2 amide bonds. The summed E-state index contributed by atoms with van der Waals surface area (Å²) in [4.78, 5) is 30.8. The predicted molar refractivity (Wildman–Crippen MR) is 157 cm³/mol. The molecule has 1 aliphatic rings. The van der Waals surface area contributed by atoms with Crippen LogP contribution in [0.15, 0.2) is 78.9 Å². The van der Waals surface area contributed by atoms with Gasteiger partial charge in [-0.25, -0.2) is 4.39 Å². The molecule has 9 heteroatoms. The van der Waals surface area contributed by atoms with E-state index in [1.54, 1.807) is 36.4 Å². The molecule has 2 atom stereocenters. The Balaban J connectivity index is 1.34. The summed E-state index contributed by atoms with van der Waals surface area (Å²) in [5, 5.41) is 5.75. The monoisotopic (exact) mass is 562 g/mol. The highest BCUT2D eigenvalue weighted by molar-refractivity contribution is 5.97. The van der Waals surface area contributed by atoms with Crippen molar-refractivity contribution in [3.63, 3.8) is 0 Å². The topological polar surface area (TPSA) is 83.1 Å². The minimum Gasteiger partial charge on any atom is -0.457 e. The molecule has 218 valence electrons. The Morgan fingerprint density at radius 1 is 0.976 bits per heavy atom. The van der Waals surface area contributed by atoms with Crippen LogP contribution in [0.4, 0.5) is 10.1 Å². The van der Waals surface area contributed by atoms with Gasteiger partial charge in [0.15, 0.2) is 0 Å². The molecule has 3 aromatic rings. The van der Waals surface area contributed by atoms with Crippen molar-refractivity contribution >= 4 is 17.5 Å². The van der Waals surface area contributed by atoms with Crippen LogP contribution in [0.1, 0.15) is 25.8 Å². The summed E-state index contributed by atoms with van der Waals surface area (Å²) >= 11 is 0. The molecular weight excluding hydrogens is 523 g/mol. The molecule has 0 aromatic heterocycles. The molecule has 0 radical (unpaired) electrons. The third-order valence-electron chi connectivity index (χ3n) is 7.16. The van der Waals surface area contributed by atoms with Crippen LogP contribution in [-0.4, -0.2) is 73.0 Å². The molecule has 2 N–H and O–H groups in total. The summed E-state index contributed by atoms with van der Waals surface area (Å²) in [5.41, 5.74) is 1.53. The van der Waals surface area contributed by atoms with Crippen LogP contribution in [0, 0.1) is 5.82 Å². The van der Waals surface area contributed by atoms with E-state index in [1.165, 1.54) is 12.1 Å². The first-order valence-corrected chi connectivity index (χ1v) is 14.1. The number of benzene rings is 3. The molecule has 0 spiro atoms. The number of likely N-dealkylation sites (tertiary alicyclic amines) is 1. The molecule has 1 saturated heterocycles. The van der Waals surface area contributed by atoms with Gasteiger partial charge in [-0.2, -0.15) is 0 Å². The second kappa shape index (κ2) is 15.3. The van der Waals surface area contributed by atoms with E-state index in [0.717, 1.165) is 38.2 Å². The largest absolute Gasteiger partial charge is 0.457 e. The smallest absolute Gasteiger partial charge is 0.249 e. The minimum atomic E-state index is -0.873. The Hall–Kier alpha value is -3.79. The summed E-state index contributed by atoms with van der Waals surface area (Å²) in [6.45, 7) is 8.56. The molecule has 0 aliphatic carbocycles. The number of hydrogen-bond donors (Lipinski definition) is 2. The van der Waals surface area contributed by atoms with Crippen LogP contribution in [0.5, 0.6) is 11.5 Å². The van der Waals surface area contributed by atoms with Crippen molar-refractivity contribution in [3.05, 3.63) is 90.2 Å². The van der Waals surface area contributed by atoms with Gasteiger partial charge in [-0.15, -0.1) is 0 Å². The van der Waals surface area contributed by atoms with Gasteiger partial charge in [-0.3, -0.25) is 19.4 Å². The third-order valence-corrected chi connectivity index (χ3v) is 7.16. The Kier molecular flexibility index (Phi) is 11.2. The minimum absolute atomic E-state index is 0.0281. The lowest BCUT2D eigenvalue weighted by molar-refractivity contribution is -0.128. The number of nitrogens with zero attached hydrogens (tertiary/aromatic N) is 2. The zero-order chi connectivity index (χ0) is 29.0. The lowest BCUT2D eigenvalue weighted by atomic mass is 10.2. The predicted octanol–water partition coefficient (Wildman–Crippen LogP) is 4.67. The van der Waals surface area contributed by atoms with E-state index in [2.05, 4.69) is 34.3 Å². The molecule has 41 heavy (non-hydrogen) atoms. The Morgan fingerprint density at radius 3 is 2.29 bits per heavy atom. The van der Waals surface area contributed by atoms with E-state index in [0.29, 0.717) is 29.8 Å². The van der Waals surface area contributed by atoms with E-state index < -0.39 is 6.04 Å². The van der Waals surface area contributed by atoms with Crippen LogP contribution in [-0.2, 0) is 20.9 Å². The average Bonchev–Trinajstić information content (AvgIpc) is 3.44. The number of carbonyl (C=O) groups is 2. The van der Waals surface area contributed by atoms with Gasteiger partial charge in [0.2, 0.25) is 11.8 Å². The second-order valence-corrected chi connectivity index (χ2v) is 10.1. The van der Waals surface area contributed by atoms with Crippen LogP contribution in [0.3, 0.4) is 0 Å². The number of hydrogen-bond acceptors (Lipinski definition) is 6. The fraction of sp³-hybridized carbons (Fsp3) is 0.375. The molecule has 1 heterocycles. The van der Waals surface area contributed by atoms with Crippen molar-refractivity contribution < 1.29 is 23.5 Å². The molecule has 1 fully saturated rings. The maximum atomic E-state index is 13.3. The number of halogens is 1. The van der Waals surface area contributed by atoms with Gasteiger partial charge in [0, 0.05) is 24.8 Å². The van der Waals surface area contributed by atoms with Crippen LogP contribution in [0.25, 0.3) is 0 Å². The highest BCUT2D eigenvalue weighted by atomic mass is 19.1. The molecule has 1 aliphatic heterocycles. The molecule has 8 nitrogen and oxygen atoms in total. The summed E-state index contributed by atoms with van der Waals surface area (Å²) in [7, 11) is 0. The molecule has 1 unspecified atom stereocenters. The van der Waals surface area contributed by atoms with Crippen molar-refractivity contribution in [2.24, 2.45) is 0 Å². The average molecular weight is 563 g/mol. The van der Waals surface area contributed by atoms with Gasteiger partial charge in [0.1, 0.15) is 23.4 Å². The van der Waals surface area contributed by atoms with Crippen molar-refractivity contribution in [2.75, 3.05) is 44.6 Å². The van der Waals surface area contributed by atoms with E-state index in [9.17, 15) is 14.0 Å². The third kappa shape index (κ3) is 9.38. The van der Waals surface area contributed by atoms with Gasteiger partial charge in [0.25, 0.3) is 0 Å². The van der Waals surface area contributed by atoms with Gasteiger partial charge in [0.05, 0.1) is 19.8 Å². The number of amides is 2. The molecule has 0 saturated carbocycles. The first kappa shape index (κ1) is 30.2. The van der Waals surface area contributed by atoms with Crippen molar-refractivity contribution in [1.82, 2.24) is 15.1 Å². The van der Waals surface area contributed by atoms with Gasteiger partial charge >= 0.3 is 0 Å². The highest BCUT2D eigenvalue weighted by Crippen LogP contribution is 2.23. The Labute approximate surface area is 241 Å². The molecule has 3 aromatic carbocycles. The van der Waals surface area contributed by atoms with E-state index in [4.69, 9.17) is 9.47 Å². The maximum Gasteiger partial charge on any atom is 0.249 e. The summed E-state index contributed by atoms with van der Waals surface area (Å²) in [5.74, 6) is 0.119. The van der Waals surface area contributed by atoms with Crippen molar-refractivity contribution in [3.8, 4) is 11.5 Å². The van der Waals surface area contributed by atoms with Gasteiger partial charge in [-0.05, 0) is 73.6 Å². The van der Waals surface area contributed by atoms with Crippen molar-refractivity contribution in [1.29, 1.82) is 0 Å². The zero-order valence-electron chi connectivity index (χ0n) is 23.7. The number of carbonyl (C=O) groups excluding carboxylic acids is 2. The lowest BCUT2D eigenvalue weighted by Crippen LogP contribution is -2.49. The standard InChI is InChI=1S/C32H39FN4O4/c1-3-37(4-2)27-18-19-36(20-27)21-31(38)35-30(23-40-22-24-8-6-5-7-9-24)32(39)34-26-12-16-29(17-13-26)41-28-14-10-25(33)11-15-28/h5-17,27,30H,3-4,18-23H2,1-2H3,(H,34,39)(H,35,38)/t27?,30-/m0/s1. The fourth-order valence-corrected chi connectivity index (χ4v) is 4.96. The summed E-state index contributed by atoms with van der Waals surface area (Å²) < 4.78 is 24.7. The molecule has 0 bridgehead atoms. The quantitative estimate of drug-likeness (QED) is 0.297. The lowest BCUT2D eigenvalue weighted by Gasteiger charge is -2.26. The summed E-state index contributed by atoms with van der Waals surface area (Å²) in [6, 6.07) is 21.8. The normalized spacial score (nSPS) is 16.0. The zero-order valence-corrected chi connectivity index (χ0v) is 23.7. The molecular formula is C32H39FN4O4. The Bertz CT molecular complexity index is 1240. The number of ether oxygens (including phenoxy) is 2. The van der Waals surface area contributed by atoms with E-state index >= 15 is 0 Å². The van der Waals surface area contributed by atoms with E-state index in [-0.39, 0.29) is 30.8 Å². The number of likely N-dealkylation sites (N-methyl/N-ethyl adjacent to an activating group) is 1. The number of anilines is 1. The van der Waals surface area contributed by atoms with Crippen LogP contribution < -0.4 is 15.4 Å². The second-order valence-electron chi connectivity index (χ2n) is 10.1. The first-order valence-electron chi connectivity index (χ1n) is 14.1. The van der Waals surface area contributed by atoms with Crippen molar-refractivity contribution in [2.45, 2.75) is 39.0 Å². The number of nitrogens with one attached hydrogen (secondary N) is 2.